The van der Waals surface area contributed by atoms with Crippen LogP contribution in [0.15, 0.2) is 6.07 Å². The molecule has 3 nitrogen and oxygen atoms in total. The molecule has 1 atom stereocenters. The average Bonchev–Trinajstić information content (AvgIpc) is 2.29. The van der Waals surface area contributed by atoms with Gasteiger partial charge in [-0.3, -0.25) is 4.68 Å². The second-order valence-electron chi connectivity index (χ2n) is 3.15. The van der Waals surface area contributed by atoms with E-state index in [1.54, 1.807) is 6.92 Å². The van der Waals surface area contributed by atoms with Crippen LogP contribution in [-0.2, 0) is 13.0 Å². The molecule has 68 valence electrons. The van der Waals surface area contributed by atoms with E-state index in [2.05, 4.69) is 12.0 Å². The molecule has 0 aromatic carbocycles. The molecule has 1 aromatic heterocycles. The van der Waals surface area contributed by atoms with E-state index in [4.69, 9.17) is 5.11 Å². The highest BCUT2D eigenvalue weighted by Crippen LogP contribution is 2.05. The average molecular weight is 168 g/mol. The fourth-order valence-electron chi connectivity index (χ4n) is 1.30. The van der Waals surface area contributed by atoms with Gasteiger partial charge in [-0.25, -0.2) is 0 Å². The largest absolute Gasteiger partial charge is 0.393 e. The molecule has 0 spiro atoms. The van der Waals surface area contributed by atoms with Gasteiger partial charge in [0.2, 0.25) is 0 Å². The SMILES string of the molecule is CCn1nc(C[C@@H](C)O)cc1C. The number of aliphatic hydroxyl groups is 1. The van der Waals surface area contributed by atoms with Crippen molar-refractivity contribution in [2.75, 3.05) is 0 Å². The van der Waals surface area contributed by atoms with E-state index >= 15 is 0 Å². The maximum absolute atomic E-state index is 9.13. The Morgan fingerprint density at radius 3 is 2.75 bits per heavy atom. The van der Waals surface area contributed by atoms with Gasteiger partial charge in [0.1, 0.15) is 0 Å². The number of aliphatic hydroxyl groups excluding tert-OH is 1. The summed E-state index contributed by atoms with van der Waals surface area (Å²) in [6.45, 7) is 6.76. The summed E-state index contributed by atoms with van der Waals surface area (Å²) >= 11 is 0. The van der Waals surface area contributed by atoms with Crippen LogP contribution in [0.1, 0.15) is 25.2 Å². The fourth-order valence-corrected chi connectivity index (χ4v) is 1.30. The smallest absolute Gasteiger partial charge is 0.0653 e. The molecule has 0 aliphatic rings. The third kappa shape index (κ3) is 2.08. The first-order valence-electron chi connectivity index (χ1n) is 4.35. The molecule has 1 aromatic rings. The van der Waals surface area contributed by atoms with E-state index < -0.39 is 0 Å². The molecule has 0 fully saturated rings. The summed E-state index contributed by atoms with van der Waals surface area (Å²) in [6.07, 6.45) is 0.345. The van der Waals surface area contributed by atoms with Crippen molar-refractivity contribution in [3.63, 3.8) is 0 Å². The maximum Gasteiger partial charge on any atom is 0.0653 e. The van der Waals surface area contributed by atoms with Gasteiger partial charge in [-0.05, 0) is 26.8 Å². The Balaban J connectivity index is 2.75. The third-order valence-corrected chi connectivity index (χ3v) is 1.84. The Kier molecular flexibility index (Phi) is 2.87. The minimum Gasteiger partial charge on any atom is -0.393 e. The van der Waals surface area contributed by atoms with Crippen LogP contribution in [0.25, 0.3) is 0 Å². The summed E-state index contributed by atoms with van der Waals surface area (Å²) in [7, 11) is 0. The van der Waals surface area contributed by atoms with Gasteiger partial charge in [-0.2, -0.15) is 5.10 Å². The standard InChI is InChI=1S/C9H16N2O/c1-4-11-7(2)5-9(10-11)6-8(3)12/h5,8,12H,4,6H2,1-3H3/t8-/m1/s1. The van der Waals surface area contributed by atoms with Crippen LogP contribution in [0, 0.1) is 6.92 Å². The lowest BCUT2D eigenvalue weighted by Crippen LogP contribution is -2.05. The van der Waals surface area contributed by atoms with Crippen molar-refractivity contribution in [3.8, 4) is 0 Å². The molecule has 1 rings (SSSR count). The van der Waals surface area contributed by atoms with E-state index in [1.165, 1.54) is 0 Å². The van der Waals surface area contributed by atoms with Crippen molar-refractivity contribution in [2.45, 2.75) is 39.8 Å². The normalized spacial score (nSPS) is 13.3. The second-order valence-corrected chi connectivity index (χ2v) is 3.15. The summed E-state index contributed by atoms with van der Waals surface area (Å²) in [5.74, 6) is 0. The van der Waals surface area contributed by atoms with Crippen LogP contribution in [0.5, 0.6) is 0 Å². The molecule has 0 aliphatic heterocycles. The summed E-state index contributed by atoms with van der Waals surface area (Å²) in [6, 6.07) is 2.02. The summed E-state index contributed by atoms with van der Waals surface area (Å²) in [5.41, 5.74) is 2.14. The lowest BCUT2D eigenvalue weighted by molar-refractivity contribution is 0.194. The summed E-state index contributed by atoms with van der Waals surface area (Å²) in [5, 5.41) is 13.5. The molecule has 12 heavy (non-hydrogen) atoms. The van der Waals surface area contributed by atoms with Gasteiger partial charge in [0, 0.05) is 18.7 Å². The second kappa shape index (κ2) is 3.72. The van der Waals surface area contributed by atoms with Gasteiger partial charge in [-0.1, -0.05) is 0 Å². The topological polar surface area (TPSA) is 38.0 Å². The molecule has 0 saturated heterocycles. The number of hydrogen-bond donors (Lipinski definition) is 1. The van der Waals surface area contributed by atoms with Crippen molar-refractivity contribution in [1.29, 1.82) is 0 Å². The first kappa shape index (κ1) is 9.26. The molecular formula is C9H16N2O. The first-order valence-corrected chi connectivity index (χ1v) is 4.35. The molecule has 1 N–H and O–H groups in total. The van der Waals surface area contributed by atoms with Gasteiger partial charge >= 0.3 is 0 Å². The molecule has 0 bridgehead atoms. The predicted molar refractivity (Wildman–Crippen MR) is 48.0 cm³/mol. The number of aryl methyl sites for hydroxylation is 2. The molecule has 1 heterocycles. The minimum absolute atomic E-state index is 0.301. The van der Waals surface area contributed by atoms with Crippen LogP contribution >= 0.6 is 0 Å². The maximum atomic E-state index is 9.13. The Hall–Kier alpha value is -0.830. The zero-order valence-corrected chi connectivity index (χ0v) is 7.91. The highest BCUT2D eigenvalue weighted by Gasteiger charge is 2.04. The van der Waals surface area contributed by atoms with Gasteiger partial charge in [0.25, 0.3) is 0 Å². The van der Waals surface area contributed by atoms with E-state index in [9.17, 15) is 0 Å². The zero-order chi connectivity index (χ0) is 9.14. The van der Waals surface area contributed by atoms with Gasteiger partial charge < -0.3 is 5.11 Å². The number of nitrogens with zero attached hydrogens (tertiary/aromatic N) is 2. The summed E-state index contributed by atoms with van der Waals surface area (Å²) < 4.78 is 1.94. The number of aromatic nitrogens is 2. The highest BCUT2D eigenvalue weighted by molar-refractivity contribution is 5.09. The fraction of sp³-hybridized carbons (Fsp3) is 0.667. The lowest BCUT2D eigenvalue weighted by atomic mass is 10.2. The van der Waals surface area contributed by atoms with Crippen molar-refractivity contribution in [1.82, 2.24) is 9.78 Å². The quantitative estimate of drug-likeness (QED) is 0.734. The van der Waals surface area contributed by atoms with Crippen LogP contribution < -0.4 is 0 Å². The Labute approximate surface area is 73.0 Å². The van der Waals surface area contributed by atoms with Crippen molar-refractivity contribution in [3.05, 3.63) is 17.5 Å². The highest BCUT2D eigenvalue weighted by atomic mass is 16.3. The number of rotatable bonds is 3. The van der Waals surface area contributed by atoms with Crippen LogP contribution in [0.3, 0.4) is 0 Å². The van der Waals surface area contributed by atoms with E-state index in [0.717, 1.165) is 17.9 Å². The summed E-state index contributed by atoms with van der Waals surface area (Å²) in [4.78, 5) is 0. The van der Waals surface area contributed by atoms with Crippen LogP contribution in [0.4, 0.5) is 0 Å². The predicted octanol–water partition coefficient (Wildman–Crippen LogP) is 1.13. The van der Waals surface area contributed by atoms with Gasteiger partial charge in [0.15, 0.2) is 0 Å². The Morgan fingerprint density at radius 1 is 1.67 bits per heavy atom. The van der Waals surface area contributed by atoms with Crippen LogP contribution in [-0.4, -0.2) is 21.0 Å². The molecular weight excluding hydrogens is 152 g/mol. The Bertz CT molecular complexity index is 253. The monoisotopic (exact) mass is 168 g/mol. The number of hydrogen-bond acceptors (Lipinski definition) is 2. The zero-order valence-electron chi connectivity index (χ0n) is 7.91. The minimum atomic E-state index is -0.301. The van der Waals surface area contributed by atoms with Crippen molar-refractivity contribution < 1.29 is 5.11 Å². The van der Waals surface area contributed by atoms with Gasteiger partial charge in [-0.15, -0.1) is 0 Å². The van der Waals surface area contributed by atoms with Crippen molar-refractivity contribution in [2.24, 2.45) is 0 Å². The first-order chi connectivity index (χ1) is 5.63. The van der Waals surface area contributed by atoms with Gasteiger partial charge in [0.05, 0.1) is 11.8 Å². The van der Waals surface area contributed by atoms with Crippen molar-refractivity contribution >= 4 is 0 Å². The molecule has 0 saturated carbocycles. The lowest BCUT2D eigenvalue weighted by Gasteiger charge is -1.99. The van der Waals surface area contributed by atoms with E-state index in [0.29, 0.717) is 6.42 Å². The van der Waals surface area contributed by atoms with Crippen LogP contribution in [0.2, 0.25) is 0 Å². The van der Waals surface area contributed by atoms with E-state index in [-0.39, 0.29) is 6.10 Å². The molecule has 3 heteroatoms. The molecule has 0 unspecified atom stereocenters. The Morgan fingerprint density at radius 2 is 2.33 bits per heavy atom. The van der Waals surface area contributed by atoms with E-state index in [1.807, 2.05) is 17.7 Å². The third-order valence-electron chi connectivity index (χ3n) is 1.84. The molecule has 0 aliphatic carbocycles. The molecule has 0 radical (unpaired) electrons. The molecule has 0 amide bonds.